The number of piperazine rings is 1. The van der Waals surface area contributed by atoms with Crippen molar-refractivity contribution in [3.05, 3.63) is 52.0 Å². The first-order chi connectivity index (χ1) is 12.0. The van der Waals surface area contributed by atoms with E-state index in [-0.39, 0.29) is 11.5 Å². The van der Waals surface area contributed by atoms with Crippen molar-refractivity contribution in [1.82, 2.24) is 14.9 Å². The number of rotatable bonds is 4. The molecule has 1 atom stereocenters. The summed E-state index contributed by atoms with van der Waals surface area (Å²) in [6.07, 6.45) is 2.44. The second-order valence-electron chi connectivity index (χ2n) is 5.77. The van der Waals surface area contributed by atoms with Gasteiger partial charge in [0.25, 0.3) is 11.5 Å². The average Bonchev–Trinajstić information content (AvgIpc) is 2.62. The fourth-order valence-electron chi connectivity index (χ4n) is 2.76. The van der Waals surface area contributed by atoms with Crippen molar-refractivity contribution < 1.29 is 9.53 Å². The maximum Gasteiger partial charge on any atom is 0.290 e. The monoisotopic (exact) mass is 362 g/mol. The van der Waals surface area contributed by atoms with E-state index in [4.69, 9.17) is 16.3 Å². The Morgan fingerprint density at radius 3 is 2.76 bits per heavy atom. The quantitative estimate of drug-likeness (QED) is 0.892. The maximum atomic E-state index is 12.6. The second kappa shape index (κ2) is 7.57. The van der Waals surface area contributed by atoms with Crippen LogP contribution in [0.4, 0.5) is 5.82 Å². The van der Waals surface area contributed by atoms with Crippen molar-refractivity contribution in [3.8, 4) is 5.75 Å². The molecule has 0 aliphatic carbocycles. The molecule has 1 fully saturated rings. The Morgan fingerprint density at radius 2 is 2.08 bits per heavy atom. The summed E-state index contributed by atoms with van der Waals surface area (Å²) >= 11 is 5.93. The van der Waals surface area contributed by atoms with Crippen LogP contribution in [0, 0.1) is 0 Å². The zero-order valence-corrected chi connectivity index (χ0v) is 14.6. The van der Waals surface area contributed by atoms with Crippen LogP contribution in [0.2, 0.25) is 5.02 Å². The van der Waals surface area contributed by atoms with E-state index in [2.05, 4.69) is 9.97 Å². The van der Waals surface area contributed by atoms with Gasteiger partial charge in [0.2, 0.25) is 0 Å². The minimum atomic E-state index is -0.608. The molecule has 1 N–H and O–H groups in total. The zero-order chi connectivity index (χ0) is 17.8. The first-order valence-corrected chi connectivity index (χ1v) is 8.42. The number of carbonyl (C=O) groups is 1. The largest absolute Gasteiger partial charge is 0.481 e. The second-order valence-corrected chi connectivity index (χ2v) is 6.21. The Morgan fingerprint density at radius 1 is 1.32 bits per heavy atom. The van der Waals surface area contributed by atoms with Gasteiger partial charge < -0.3 is 19.5 Å². The number of benzene rings is 1. The fourth-order valence-corrected chi connectivity index (χ4v) is 2.94. The van der Waals surface area contributed by atoms with Crippen molar-refractivity contribution in [2.45, 2.75) is 13.0 Å². The van der Waals surface area contributed by atoms with Crippen molar-refractivity contribution >= 4 is 23.3 Å². The molecule has 1 amide bonds. The number of halogens is 1. The molecule has 0 radical (unpaired) electrons. The summed E-state index contributed by atoms with van der Waals surface area (Å²) in [7, 11) is 0. The summed E-state index contributed by atoms with van der Waals surface area (Å²) < 4.78 is 5.68. The van der Waals surface area contributed by atoms with Gasteiger partial charge in [0.15, 0.2) is 11.9 Å². The number of nitrogens with one attached hydrogen (secondary N) is 1. The zero-order valence-electron chi connectivity index (χ0n) is 13.8. The maximum absolute atomic E-state index is 12.6. The van der Waals surface area contributed by atoms with E-state index in [0.717, 1.165) is 0 Å². The van der Waals surface area contributed by atoms with Gasteiger partial charge in [0, 0.05) is 43.6 Å². The van der Waals surface area contributed by atoms with Crippen LogP contribution >= 0.6 is 11.6 Å². The highest BCUT2D eigenvalue weighted by Crippen LogP contribution is 2.19. The SMILES string of the molecule is C[C@H](Oc1cccc(Cl)c1)C(=O)N1CCN(c2ncc[nH]c2=O)CC1. The number of amides is 1. The molecule has 1 saturated heterocycles. The molecule has 1 aliphatic heterocycles. The van der Waals surface area contributed by atoms with Crippen LogP contribution in [0.25, 0.3) is 0 Å². The first kappa shape index (κ1) is 17.3. The number of nitrogens with zero attached hydrogens (tertiary/aromatic N) is 3. The molecule has 3 rings (SSSR count). The summed E-state index contributed by atoms with van der Waals surface area (Å²) in [5, 5.41) is 0.561. The number of H-pyrrole nitrogens is 1. The Kier molecular flexibility index (Phi) is 5.23. The summed E-state index contributed by atoms with van der Waals surface area (Å²) in [4.78, 5) is 34.7. The smallest absolute Gasteiger partial charge is 0.290 e. The van der Waals surface area contributed by atoms with Crippen LogP contribution in [-0.4, -0.2) is 53.1 Å². The van der Waals surface area contributed by atoms with Gasteiger partial charge in [-0.25, -0.2) is 4.98 Å². The number of ether oxygens (including phenoxy) is 1. The number of hydrogen-bond acceptors (Lipinski definition) is 5. The lowest BCUT2D eigenvalue weighted by atomic mass is 10.2. The molecule has 0 saturated carbocycles. The lowest BCUT2D eigenvalue weighted by Crippen LogP contribution is -2.53. The van der Waals surface area contributed by atoms with E-state index in [9.17, 15) is 9.59 Å². The Bertz CT molecular complexity index is 802. The molecule has 132 valence electrons. The third-order valence-electron chi connectivity index (χ3n) is 4.04. The van der Waals surface area contributed by atoms with E-state index < -0.39 is 6.10 Å². The van der Waals surface area contributed by atoms with Gasteiger partial charge in [0.1, 0.15) is 5.75 Å². The highest BCUT2D eigenvalue weighted by Gasteiger charge is 2.27. The van der Waals surface area contributed by atoms with Crippen molar-refractivity contribution in [3.63, 3.8) is 0 Å². The van der Waals surface area contributed by atoms with Gasteiger partial charge in [-0.05, 0) is 25.1 Å². The number of aromatic amines is 1. The molecule has 0 unspecified atom stereocenters. The lowest BCUT2D eigenvalue weighted by molar-refractivity contribution is -0.138. The van der Waals surface area contributed by atoms with Crippen LogP contribution in [0.5, 0.6) is 5.75 Å². The van der Waals surface area contributed by atoms with Crippen LogP contribution in [0.3, 0.4) is 0 Å². The Balaban J connectivity index is 1.58. The van der Waals surface area contributed by atoms with Gasteiger partial charge in [-0.3, -0.25) is 9.59 Å². The van der Waals surface area contributed by atoms with Gasteiger partial charge in [-0.15, -0.1) is 0 Å². The molecule has 1 aromatic carbocycles. The molecule has 2 heterocycles. The minimum absolute atomic E-state index is 0.0884. The fraction of sp³-hybridized carbons (Fsp3) is 0.353. The summed E-state index contributed by atoms with van der Waals surface area (Å²) in [5.74, 6) is 0.861. The molecule has 25 heavy (non-hydrogen) atoms. The molecule has 0 spiro atoms. The molecule has 1 aromatic heterocycles. The van der Waals surface area contributed by atoms with Crippen LogP contribution in [0.1, 0.15) is 6.92 Å². The van der Waals surface area contributed by atoms with Gasteiger partial charge in [0.05, 0.1) is 0 Å². The van der Waals surface area contributed by atoms with Gasteiger partial charge in [-0.1, -0.05) is 17.7 Å². The van der Waals surface area contributed by atoms with Crippen molar-refractivity contribution in [1.29, 1.82) is 0 Å². The van der Waals surface area contributed by atoms with Crippen molar-refractivity contribution in [2.75, 3.05) is 31.1 Å². The predicted molar refractivity (Wildman–Crippen MR) is 95.2 cm³/mol. The molecule has 7 nitrogen and oxygen atoms in total. The van der Waals surface area contributed by atoms with Crippen LogP contribution in [-0.2, 0) is 4.79 Å². The van der Waals surface area contributed by atoms with E-state index in [1.54, 1.807) is 42.3 Å². The van der Waals surface area contributed by atoms with Crippen LogP contribution in [0.15, 0.2) is 41.5 Å². The first-order valence-electron chi connectivity index (χ1n) is 8.04. The van der Waals surface area contributed by atoms with E-state index >= 15 is 0 Å². The Hall–Kier alpha value is -2.54. The van der Waals surface area contributed by atoms with Crippen molar-refractivity contribution in [2.24, 2.45) is 0 Å². The molecule has 1 aliphatic rings. The predicted octanol–water partition coefficient (Wildman–Crippen LogP) is 1.54. The number of hydrogen-bond donors (Lipinski definition) is 1. The average molecular weight is 363 g/mol. The molecular formula is C17H19ClN4O3. The highest BCUT2D eigenvalue weighted by atomic mass is 35.5. The lowest BCUT2D eigenvalue weighted by Gasteiger charge is -2.36. The third-order valence-corrected chi connectivity index (χ3v) is 4.27. The topological polar surface area (TPSA) is 78.5 Å². The van der Waals surface area contributed by atoms with E-state index in [1.165, 1.54) is 6.20 Å². The number of aromatic nitrogens is 2. The summed E-state index contributed by atoms with van der Waals surface area (Å²) in [6, 6.07) is 6.97. The molecular weight excluding hydrogens is 344 g/mol. The summed E-state index contributed by atoms with van der Waals surface area (Å²) in [5.41, 5.74) is -0.222. The Labute approximate surface area is 150 Å². The van der Waals surface area contributed by atoms with E-state index in [0.29, 0.717) is 42.8 Å². The molecule has 0 bridgehead atoms. The molecule has 2 aromatic rings. The molecule has 8 heteroatoms. The third kappa shape index (κ3) is 4.11. The standard InChI is InChI=1S/C17H19ClN4O3/c1-12(25-14-4-2-3-13(18)11-14)17(24)22-9-7-21(8-10-22)15-16(23)20-6-5-19-15/h2-6,11-12H,7-10H2,1H3,(H,20,23)/t12-/m0/s1. The normalized spacial score (nSPS) is 15.8. The van der Waals surface area contributed by atoms with E-state index in [1.807, 2.05) is 4.90 Å². The van der Waals surface area contributed by atoms with Crippen LogP contribution < -0.4 is 15.2 Å². The minimum Gasteiger partial charge on any atom is -0.481 e. The highest BCUT2D eigenvalue weighted by molar-refractivity contribution is 6.30. The number of anilines is 1. The van der Waals surface area contributed by atoms with Gasteiger partial charge >= 0.3 is 0 Å². The van der Waals surface area contributed by atoms with Gasteiger partial charge in [-0.2, -0.15) is 0 Å². The summed E-state index contributed by atoms with van der Waals surface area (Å²) in [6.45, 7) is 3.85. The number of carbonyl (C=O) groups excluding carboxylic acids is 1.